The molecule has 3 heterocycles. The summed E-state index contributed by atoms with van der Waals surface area (Å²) in [6.07, 6.45) is -0.736. The molecule has 1 N–H and O–H groups in total. The van der Waals surface area contributed by atoms with Crippen LogP contribution in [0.15, 0.2) is 48.5 Å². The van der Waals surface area contributed by atoms with E-state index in [-0.39, 0.29) is 35.1 Å². The van der Waals surface area contributed by atoms with Crippen molar-refractivity contribution >= 4 is 45.8 Å². The topological polar surface area (TPSA) is 109 Å². The Balaban J connectivity index is 1.47. The molecule has 0 saturated carbocycles. The number of carbonyl (C=O) groups excluding carboxylic acids is 4. The number of amides is 3. The summed E-state index contributed by atoms with van der Waals surface area (Å²) in [5.41, 5.74) is 2.19. The number of hydrogen-bond acceptors (Lipinski definition) is 7. The molecular weight excluding hydrogens is 468 g/mol. The molecule has 1 unspecified atom stereocenters. The van der Waals surface area contributed by atoms with Gasteiger partial charge < -0.3 is 15.0 Å². The Morgan fingerprint density at radius 2 is 1.74 bits per heavy atom. The molecule has 0 spiro atoms. The lowest BCUT2D eigenvalue weighted by Crippen LogP contribution is -2.50. The second kappa shape index (κ2) is 8.62. The van der Waals surface area contributed by atoms with Crippen molar-refractivity contribution in [1.29, 1.82) is 0 Å². The van der Waals surface area contributed by atoms with Gasteiger partial charge in [0.05, 0.1) is 18.4 Å². The maximum atomic E-state index is 13.5. The molecular formula is C25H22N4O5S. The van der Waals surface area contributed by atoms with Crippen molar-refractivity contribution < 1.29 is 23.9 Å². The first-order chi connectivity index (χ1) is 16.8. The van der Waals surface area contributed by atoms with E-state index in [1.807, 2.05) is 13.8 Å². The Labute approximate surface area is 205 Å². The minimum absolute atomic E-state index is 0.00184. The first-order valence-electron chi connectivity index (χ1n) is 11.0. The van der Waals surface area contributed by atoms with Crippen LogP contribution in [-0.2, 0) is 9.53 Å². The van der Waals surface area contributed by atoms with Crippen molar-refractivity contribution in [2.24, 2.45) is 0 Å². The Kier molecular flexibility index (Phi) is 5.60. The first kappa shape index (κ1) is 22.7. The number of hydrogen-bond donors (Lipinski definition) is 1. The van der Waals surface area contributed by atoms with E-state index in [4.69, 9.17) is 4.74 Å². The zero-order chi connectivity index (χ0) is 24.9. The average Bonchev–Trinajstić information content (AvgIpc) is 3.41. The van der Waals surface area contributed by atoms with E-state index < -0.39 is 18.0 Å². The second-order valence-electron chi connectivity index (χ2n) is 8.51. The number of rotatable bonds is 5. The van der Waals surface area contributed by atoms with Crippen LogP contribution >= 0.6 is 11.3 Å². The Morgan fingerprint density at radius 1 is 1.06 bits per heavy atom. The molecule has 10 heteroatoms. The van der Waals surface area contributed by atoms with Crippen molar-refractivity contribution in [3.8, 4) is 0 Å². The number of nitrogens with zero attached hydrogens (tertiary/aromatic N) is 3. The zero-order valence-electron chi connectivity index (χ0n) is 19.3. The summed E-state index contributed by atoms with van der Waals surface area (Å²) in [7, 11) is 1.27. The second-order valence-corrected chi connectivity index (χ2v) is 9.54. The van der Waals surface area contributed by atoms with Crippen LogP contribution in [0.1, 0.15) is 67.6 Å². The van der Waals surface area contributed by atoms with Crippen molar-refractivity contribution in [3.63, 3.8) is 0 Å². The number of aromatic nitrogens is 1. The lowest BCUT2D eigenvalue weighted by Gasteiger charge is -2.40. The monoisotopic (exact) mass is 490 g/mol. The van der Waals surface area contributed by atoms with Crippen molar-refractivity contribution in [3.05, 3.63) is 75.8 Å². The highest BCUT2D eigenvalue weighted by Gasteiger charge is 2.48. The predicted octanol–water partition coefficient (Wildman–Crippen LogP) is 3.81. The number of carbonyl (C=O) groups is 4. The Bertz CT molecular complexity index is 1380. The van der Waals surface area contributed by atoms with Gasteiger partial charge >= 0.3 is 5.97 Å². The molecule has 2 aliphatic heterocycles. The fourth-order valence-electron chi connectivity index (χ4n) is 4.47. The SMILES string of the molecule is COC(=O)c1nc(NC(=O)CN2C(=O)c3ccccc3N3C(=O)c4ccccc4C23)sc1C(C)C. The van der Waals surface area contributed by atoms with Crippen LogP contribution in [0.2, 0.25) is 0 Å². The smallest absolute Gasteiger partial charge is 0.357 e. The van der Waals surface area contributed by atoms with Gasteiger partial charge in [-0.2, -0.15) is 0 Å². The molecule has 35 heavy (non-hydrogen) atoms. The van der Waals surface area contributed by atoms with Gasteiger partial charge in [-0.25, -0.2) is 9.78 Å². The molecule has 9 nitrogen and oxygen atoms in total. The van der Waals surface area contributed by atoms with Gasteiger partial charge in [-0.1, -0.05) is 44.2 Å². The molecule has 178 valence electrons. The number of thiazole rings is 1. The summed E-state index contributed by atoms with van der Waals surface area (Å²) in [4.78, 5) is 59.8. The van der Waals surface area contributed by atoms with E-state index in [9.17, 15) is 19.2 Å². The number of benzene rings is 2. The fourth-order valence-corrected chi connectivity index (χ4v) is 5.44. The highest BCUT2D eigenvalue weighted by molar-refractivity contribution is 7.16. The minimum atomic E-state index is -0.736. The standard InChI is InChI=1S/C25H22N4O5S/c1-13(2)20-19(24(33)34-3)27-25(35-20)26-18(30)12-28-21-14-8-4-5-9-15(14)23(32)29(21)17-11-7-6-10-16(17)22(28)31/h4-11,13,21H,12H2,1-3H3,(H,26,27,30). The van der Waals surface area contributed by atoms with Gasteiger partial charge in [0.25, 0.3) is 11.8 Å². The molecule has 1 atom stereocenters. The van der Waals surface area contributed by atoms with Crippen LogP contribution in [0.5, 0.6) is 0 Å². The number of esters is 1. The molecule has 3 amide bonds. The third-order valence-electron chi connectivity index (χ3n) is 6.00. The summed E-state index contributed by atoms with van der Waals surface area (Å²) in [6, 6.07) is 14.0. The zero-order valence-corrected chi connectivity index (χ0v) is 20.1. The minimum Gasteiger partial charge on any atom is -0.464 e. The molecule has 2 aliphatic rings. The van der Waals surface area contributed by atoms with Crippen LogP contribution in [0, 0.1) is 0 Å². The highest BCUT2D eigenvalue weighted by Crippen LogP contribution is 2.45. The summed E-state index contributed by atoms with van der Waals surface area (Å²) >= 11 is 1.19. The lowest BCUT2D eigenvalue weighted by atomic mass is 10.0. The van der Waals surface area contributed by atoms with Gasteiger partial charge in [-0.05, 0) is 24.1 Å². The average molecular weight is 491 g/mol. The van der Waals surface area contributed by atoms with Gasteiger partial charge in [-0.3, -0.25) is 19.3 Å². The number of nitrogens with one attached hydrogen (secondary N) is 1. The van der Waals surface area contributed by atoms with E-state index >= 15 is 0 Å². The lowest BCUT2D eigenvalue weighted by molar-refractivity contribution is -0.117. The van der Waals surface area contributed by atoms with Crippen LogP contribution < -0.4 is 10.2 Å². The fraction of sp³-hybridized carbons (Fsp3) is 0.240. The number of methoxy groups -OCH3 is 1. The molecule has 1 aromatic heterocycles. The van der Waals surface area contributed by atoms with E-state index in [0.29, 0.717) is 27.3 Å². The van der Waals surface area contributed by atoms with E-state index in [0.717, 1.165) is 0 Å². The molecule has 0 saturated heterocycles. The van der Waals surface area contributed by atoms with Gasteiger partial charge in [0.1, 0.15) is 12.7 Å². The Hall–Kier alpha value is -4.05. The quantitative estimate of drug-likeness (QED) is 0.545. The third-order valence-corrected chi connectivity index (χ3v) is 7.27. The van der Waals surface area contributed by atoms with Crippen LogP contribution in [0.3, 0.4) is 0 Å². The van der Waals surface area contributed by atoms with E-state index in [1.54, 1.807) is 53.4 Å². The third kappa shape index (κ3) is 3.66. The maximum Gasteiger partial charge on any atom is 0.357 e. The number of para-hydroxylation sites is 1. The van der Waals surface area contributed by atoms with Crippen molar-refractivity contribution in [2.75, 3.05) is 23.9 Å². The van der Waals surface area contributed by atoms with Crippen molar-refractivity contribution in [1.82, 2.24) is 9.88 Å². The van der Waals surface area contributed by atoms with E-state index in [2.05, 4.69) is 10.3 Å². The Morgan fingerprint density at radius 3 is 2.46 bits per heavy atom. The summed E-state index contributed by atoms with van der Waals surface area (Å²) < 4.78 is 4.81. The van der Waals surface area contributed by atoms with Gasteiger partial charge in [0.2, 0.25) is 5.91 Å². The number of fused-ring (bicyclic) bond motifs is 5. The largest absolute Gasteiger partial charge is 0.464 e. The highest BCUT2D eigenvalue weighted by atomic mass is 32.1. The van der Waals surface area contributed by atoms with E-state index in [1.165, 1.54) is 23.3 Å². The number of anilines is 2. The molecule has 3 aromatic rings. The summed E-state index contributed by atoms with van der Waals surface area (Å²) in [5, 5.41) is 2.95. The summed E-state index contributed by atoms with van der Waals surface area (Å²) in [6.45, 7) is 3.52. The first-order valence-corrected chi connectivity index (χ1v) is 11.8. The van der Waals surface area contributed by atoms with Gasteiger partial charge in [0, 0.05) is 16.0 Å². The molecule has 0 radical (unpaired) electrons. The van der Waals surface area contributed by atoms with Gasteiger partial charge in [0.15, 0.2) is 10.8 Å². The molecule has 5 rings (SSSR count). The molecule has 2 aromatic carbocycles. The normalized spacial score (nSPS) is 16.2. The molecule has 0 bridgehead atoms. The van der Waals surface area contributed by atoms with Gasteiger partial charge in [-0.15, -0.1) is 11.3 Å². The summed E-state index contributed by atoms with van der Waals surface area (Å²) in [5.74, 6) is -1.64. The van der Waals surface area contributed by atoms with Crippen LogP contribution in [0.4, 0.5) is 10.8 Å². The van der Waals surface area contributed by atoms with Crippen LogP contribution in [-0.4, -0.2) is 47.2 Å². The predicted molar refractivity (Wildman–Crippen MR) is 130 cm³/mol. The molecule has 0 fully saturated rings. The molecule has 0 aliphatic carbocycles. The maximum absolute atomic E-state index is 13.5. The van der Waals surface area contributed by atoms with Crippen LogP contribution in [0.25, 0.3) is 0 Å². The number of ether oxygens (including phenoxy) is 1. The van der Waals surface area contributed by atoms with Crippen molar-refractivity contribution in [2.45, 2.75) is 25.9 Å².